The summed E-state index contributed by atoms with van der Waals surface area (Å²) in [4.78, 5) is 3.72. The Hall–Kier alpha value is -0.330. The van der Waals surface area contributed by atoms with Gasteiger partial charge in [0.1, 0.15) is 0 Å². The van der Waals surface area contributed by atoms with Gasteiger partial charge in [0.25, 0.3) is 0 Å². The molecule has 0 aromatic heterocycles. The van der Waals surface area contributed by atoms with E-state index in [-0.39, 0.29) is 0 Å². The number of unbranched alkanes of at least 4 members (excludes halogenated alkanes) is 2. The largest absolute Gasteiger partial charge is 0.401 e. The smallest absolute Gasteiger partial charge is 0.330 e. The van der Waals surface area contributed by atoms with E-state index < -0.39 is 12.7 Å². The molecule has 1 aliphatic heterocycles. The highest BCUT2D eigenvalue weighted by atomic mass is 19.4. The maximum Gasteiger partial charge on any atom is 0.401 e. The van der Waals surface area contributed by atoms with Crippen molar-refractivity contribution in [3.8, 4) is 0 Å². The topological polar surface area (TPSA) is 32.5 Å². The molecule has 0 aromatic carbocycles. The number of nitrogens with zero attached hydrogens (tertiary/aromatic N) is 2. The van der Waals surface area contributed by atoms with Crippen LogP contribution >= 0.6 is 0 Å². The van der Waals surface area contributed by atoms with Gasteiger partial charge in [-0.1, -0.05) is 6.42 Å². The fraction of sp³-hybridized carbons (Fsp3) is 1.00. The molecule has 0 aromatic rings. The van der Waals surface area contributed by atoms with Crippen molar-refractivity contribution in [2.24, 2.45) is 5.73 Å². The van der Waals surface area contributed by atoms with Gasteiger partial charge >= 0.3 is 6.18 Å². The number of hydrogen-bond donors (Lipinski definition) is 1. The van der Waals surface area contributed by atoms with Crippen molar-refractivity contribution in [3.63, 3.8) is 0 Å². The molecule has 0 atom stereocenters. The minimum atomic E-state index is -4.07. The second-order valence-corrected chi connectivity index (χ2v) is 4.58. The quantitative estimate of drug-likeness (QED) is 0.724. The van der Waals surface area contributed by atoms with Crippen LogP contribution in [0.15, 0.2) is 0 Å². The first kappa shape index (κ1) is 14.7. The third-order valence-corrected chi connectivity index (χ3v) is 3.05. The van der Waals surface area contributed by atoms with E-state index in [9.17, 15) is 13.2 Å². The lowest BCUT2D eigenvalue weighted by atomic mass is 10.2. The number of nitrogens with two attached hydrogens (primary N) is 1. The molecule has 0 amide bonds. The fourth-order valence-electron chi connectivity index (χ4n) is 2.08. The number of piperazine rings is 1. The molecule has 0 saturated carbocycles. The summed E-state index contributed by atoms with van der Waals surface area (Å²) in [5.74, 6) is 0. The zero-order valence-electron chi connectivity index (χ0n) is 10.2. The van der Waals surface area contributed by atoms with Gasteiger partial charge in [-0.25, -0.2) is 0 Å². The molecular weight excluding hydrogens is 231 g/mol. The second kappa shape index (κ2) is 7.18. The van der Waals surface area contributed by atoms with Gasteiger partial charge in [0, 0.05) is 26.2 Å². The zero-order chi connectivity index (χ0) is 12.7. The third-order valence-electron chi connectivity index (χ3n) is 3.05. The molecule has 1 rings (SSSR count). The summed E-state index contributed by atoms with van der Waals surface area (Å²) in [5.41, 5.74) is 5.40. The lowest BCUT2D eigenvalue weighted by Gasteiger charge is -2.34. The Balaban J connectivity index is 2.09. The van der Waals surface area contributed by atoms with E-state index in [4.69, 9.17) is 5.73 Å². The van der Waals surface area contributed by atoms with E-state index in [1.165, 1.54) is 4.90 Å². The van der Waals surface area contributed by atoms with E-state index in [1.807, 2.05) is 0 Å². The first-order valence-electron chi connectivity index (χ1n) is 6.23. The molecule has 1 fully saturated rings. The van der Waals surface area contributed by atoms with Gasteiger partial charge in [-0.15, -0.1) is 0 Å². The maximum absolute atomic E-state index is 12.2. The van der Waals surface area contributed by atoms with Gasteiger partial charge in [-0.05, 0) is 25.9 Å². The van der Waals surface area contributed by atoms with Gasteiger partial charge in [-0.3, -0.25) is 4.90 Å². The number of alkyl halides is 3. The van der Waals surface area contributed by atoms with Crippen molar-refractivity contribution < 1.29 is 13.2 Å². The number of halogens is 3. The molecule has 102 valence electrons. The summed E-state index contributed by atoms with van der Waals surface area (Å²) in [6.07, 6.45) is -0.826. The Morgan fingerprint density at radius 3 is 2.00 bits per heavy atom. The van der Waals surface area contributed by atoms with Crippen LogP contribution in [0.2, 0.25) is 0 Å². The van der Waals surface area contributed by atoms with Gasteiger partial charge < -0.3 is 10.6 Å². The Kier molecular flexibility index (Phi) is 6.22. The summed E-state index contributed by atoms with van der Waals surface area (Å²) >= 11 is 0. The normalized spacial score (nSPS) is 19.8. The average Bonchev–Trinajstić information content (AvgIpc) is 2.25. The van der Waals surface area contributed by atoms with Gasteiger partial charge in [0.05, 0.1) is 6.54 Å². The van der Waals surface area contributed by atoms with Crippen LogP contribution in [0.3, 0.4) is 0 Å². The van der Waals surface area contributed by atoms with Crippen molar-refractivity contribution in [2.45, 2.75) is 25.4 Å². The van der Waals surface area contributed by atoms with Crippen LogP contribution in [-0.4, -0.2) is 61.8 Å². The zero-order valence-corrected chi connectivity index (χ0v) is 10.2. The molecule has 17 heavy (non-hydrogen) atoms. The van der Waals surface area contributed by atoms with Crippen LogP contribution in [0, 0.1) is 0 Å². The van der Waals surface area contributed by atoms with Gasteiger partial charge in [-0.2, -0.15) is 13.2 Å². The highest BCUT2D eigenvalue weighted by Crippen LogP contribution is 2.17. The second-order valence-electron chi connectivity index (χ2n) is 4.58. The SMILES string of the molecule is NCCCCCN1CCN(CC(F)(F)F)CC1. The van der Waals surface area contributed by atoms with E-state index in [1.54, 1.807) is 0 Å². The predicted molar refractivity (Wildman–Crippen MR) is 61.8 cm³/mol. The van der Waals surface area contributed by atoms with Crippen molar-refractivity contribution in [3.05, 3.63) is 0 Å². The lowest BCUT2D eigenvalue weighted by molar-refractivity contribution is -0.149. The molecule has 6 heteroatoms. The molecule has 1 heterocycles. The van der Waals surface area contributed by atoms with Crippen LogP contribution in [0.4, 0.5) is 13.2 Å². The molecule has 3 nitrogen and oxygen atoms in total. The van der Waals surface area contributed by atoms with E-state index >= 15 is 0 Å². The molecule has 0 unspecified atom stereocenters. The number of hydrogen-bond acceptors (Lipinski definition) is 3. The van der Waals surface area contributed by atoms with Crippen LogP contribution in [0.5, 0.6) is 0 Å². The van der Waals surface area contributed by atoms with Crippen LogP contribution < -0.4 is 5.73 Å². The minimum Gasteiger partial charge on any atom is -0.330 e. The van der Waals surface area contributed by atoms with Crippen molar-refractivity contribution >= 4 is 0 Å². The molecule has 1 aliphatic rings. The third kappa shape index (κ3) is 6.85. The maximum atomic E-state index is 12.2. The fourth-order valence-corrected chi connectivity index (χ4v) is 2.08. The monoisotopic (exact) mass is 253 g/mol. The van der Waals surface area contributed by atoms with Crippen molar-refractivity contribution in [1.29, 1.82) is 0 Å². The van der Waals surface area contributed by atoms with Crippen LogP contribution in [-0.2, 0) is 0 Å². The van der Waals surface area contributed by atoms with E-state index in [0.29, 0.717) is 13.1 Å². The predicted octanol–water partition coefficient (Wildman–Crippen LogP) is 1.30. The van der Waals surface area contributed by atoms with Crippen molar-refractivity contribution in [1.82, 2.24) is 9.80 Å². The van der Waals surface area contributed by atoms with Gasteiger partial charge in [0.15, 0.2) is 0 Å². The molecule has 0 spiro atoms. The summed E-state index contributed by atoms with van der Waals surface area (Å²) in [5, 5.41) is 0. The summed E-state index contributed by atoms with van der Waals surface area (Å²) in [6.45, 7) is 3.48. The molecule has 1 saturated heterocycles. The Morgan fingerprint density at radius 1 is 0.882 bits per heavy atom. The first-order valence-corrected chi connectivity index (χ1v) is 6.23. The molecule has 2 N–H and O–H groups in total. The number of rotatable bonds is 6. The highest BCUT2D eigenvalue weighted by Gasteiger charge is 2.31. The molecule has 0 bridgehead atoms. The van der Waals surface area contributed by atoms with E-state index in [2.05, 4.69) is 4.90 Å². The first-order chi connectivity index (χ1) is 8.01. The van der Waals surface area contributed by atoms with Crippen molar-refractivity contribution in [2.75, 3.05) is 45.8 Å². The average molecular weight is 253 g/mol. The summed E-state index contributed by atoms with van der Waals surface area (Å²) in [6, 6.07) is 0. The molecule has 0 aliphatic carbocycles. The Bertz CT molecular complexity index is 201. The molecular formula is C11H22F3N3. The van der Waals surface area contributed by atoms with Gasteiger partial charge in [0.2, 0.25) is 0 Å². The van der Waals surface area contributed by atoms with E-state index in [0.717, 1.165) is 45.4 Å². The summed E-state index contributed by atoms with van der Waals surface area (Å²) < 4.78 is 36.5. The Labute approximate surface area is 101 Å². The van der Waals surface area contributed by atoms with Crippen LogP contribution in [0.1, 0.15) is 19.3 Å². The standard InChI is InChI=1S/C11H22F3N3/c12-11(13,14)10-17-8-6-16(7-9-17)5-3-1-2-4-15/h1-10,15H2. The highest BCUT2D eigenvalue weighted by molar-refractivity contribution is 4.73. The minimum absolute atomic E-state index is 0.524. The summed E-state index contributed by atoms with van der Waals surface area (Å²) in [7, 11) is 0. The lowest BCUT2D eigenvalue weighted by Crippen LogP contribution is -2.49. The molecule has 0 radical (unpaired) electrons. The Morgan fingerprint density at radius 2 is 1.47 bits per heavy atom. The van der Waals surface area contributed by atoms with Crippen LogP contribution in [0.25, 0.3) is 0 Å².